The molecule has 0 aromatic heterocycles. The minimum atomic E-state index is 0.00194. The number of carbonyl (C=O) groups is 1. The minimum Gasteiger partial charge on any atom is -0.468 e. The molecule has 0 amide bonds. The van der Waals surface area contributed by atoms with E-state index in [1.165, 1.54) is 64.9 Å². The van der Waals surface area contributed by atoms with Crippen molar-refractivity contribution < 1.29 is 9.53 Å². The van der Waals surface area contributed by atoms with Crippen molar-refractivity contribution in [2.45, 2.75) is 63.8 Å². The third-order valence-corrected chi connectivity index (χ3v) is 5.68. The van der Waals surface area contributed by atoms with Gasteiger partial charge < -0.3 is 4.74 Å². The average Bonchev–Trinajstić information content (AvgIpc) is 3.27. The molecule has 1 saturated heterocycles. The summed E-state index contributed by atoms with van der Waals surface area (Å²) in [5, 5.41) is 0. The molecule has 1 heterocycles. The second-order valence-electron chi connectivity index (χ2n) is 6.90. The van der Waals surface area contributed by atoms with Crippen LogP contribution < -0.4 is 0 Å². The average molecular weight is 265 g/mol. The molecule has 2 saturated carbocycles. The molecule has 0 bridgehead atoms. The van der Waals surface area contributed by atoms with Crippen LogP contribution in [0.5, 0.6) is 0 Å². The molecular formula is C16H27NO2. The van der Waals surface area contributed by atoms with Crippen LogP contribution in [0.15, 0.2) is 0 Å². The Morgan fingerprint density at radius 1 is 1.11 bits per heavy atom. The lowest BCUT2D eigenvalue weighted by atomic mass is 9.68. The van der Waals surface area contributed by atoms with E-state index in [4.69, 9.17) is 4.74 Å². The predicted molar refractivity (Wildman–Crippen MR) is 74.9 cm³/mol. The Balaban J connectivity index is 1.60. The summed E-state index contributed by atoms with van der Waals surface area (Å²) in [6.45, 7) is 2.21. The Bertz CT molecular complexity index is 322. The number of rotatable bonds is 3. The van der Waals surface area contributed by atoms with Gasteiger partial charge in [0.2, 0.25) is 0 Å². The van der Waals surface area contributed by atoms with Gasteiger partial charge in [-0.3, -0.25) is 9.69 Å². The molecule has 3 heteroatoms. The number of hydrogen-bond donors (Lipinski definition) is 0. The van der Waals surface area contributed by atoms with Crippen LogP contribution in [0.3, 0.4) is 0 Å². The first-order valence-corrected chi connectivity index (χ1v) is 8.06. The highest BCUT2D eigenvalue weighted by Crippen LogP contribution is 2.46. The molecule has 1 spiro atoms. The predicted octanol–water partition coefficient (Wildman–Crippen LogP) is 2.98. The lowest BCUT2D eigenvalue weighted by Crippen LogP contribution is -2.50. The monoisotopic (exact) mass is 265 g/mol. The van der Waals surface area contributed by atoms with Crippen molar-refractivity contribution in [3.8, 4) is 0 Å². The van der Waals surface area contributed by atoms with E-state index in [1.807, 2.05) is 0 Å². The number of ether oxygens (including phenoxy) is 1. The number of esters is 1. The lowest BCUT2D eigenvalue weighted by molar-refractivity contribution is -0.149. The van der Waals surface area contributed by atoms with Crippen LogP contribution in [0.25, 0.3) is 0 Å². The van der Waals surface area contributed by atoms with E-state index in [0.717, 1.165) is 13.1 Å². The van der Waals surface area contributed by atoms with Crippen molar-refractivity contribution in [2.75, 3.05) is 20.2 Å². The Labute approximate surface area is 116 Å². The van der Waals surface area contributed by atoms with Crippen molar-refractivity contribution in [3.05, 3.63) is 0 Å². The zero-order valence-electron chi connectivity index (χ0n) is 12.2. The zero-order valence-corrected chi connectivity index (χ0v) is 12.2. The molecule has 108 valence electrons. The molecule has 3 nitrogen and oxygen atoms in total. The van der Waals surface area contributed by atoms with E-state index in [-0.39, 0.29) is 12.0 Å². The van der Waals surface area contributed by atoms with Crippen molar-refractivity contribution in [1.29, 1.82) is 0 Å². The molecule has 0 N–H and O–H groups in total. The summed E-state index contributed by atoms with van der Waals surface area (Å²) < 4.78 is 5.02. The summed E-state index contributed by atoms with van der Waals surface area (Å²) in [6.07, 6.45) is 12.1. The first-order chi connectivity index (χ1) is 9.24. The van der Waals surface area contributed by atoms with Crippen molar-refractivity contribution in [1.82, 2.24) is 4.90 Å². The van der Waals surface area contributed by atoms with Crippen LogP contribution in [0.1, 0.15) is 57.8 Å². The molecule has 3 rings (SSSR count). The van der Waals surface area contributed by atoms with Crippen molar-refractivity contribution >= 4 is 5.97 Å². The van der Waals surface area contributed by atoms with E-state index >= 15 is 0 Å². The number of nitrogens with zero attached hydrogens (tertiary/aromatic N) is 1. The first-order valence-electron chi connectivity index (χ1n) is 8.06. The third kappa shape index (κ3) is 2.81. The van der Waals surface area contributed by atoms with E-state index < -0.39 is 0 Å². The number of carbonyl (C=O) groups excluding carboxylic acids is 1. The van der Waals surface area contributed by atoms with Gasteiger partial charge in [-0.1, -0.05) is 19.3 Å². The second-order valence-corrected chi connectivity index (χ2v) is 6.90. The first kappa shape index (κ1) is 13.4. The molecule has 0 aromatic rings. The Hall–Kier alpha value is -0.570. The lowest BCUT2D eigenvalue weighted by Gasteiger charge is -2.46. The highest BCUT2D eigenvalue weighted by molar-refractivity contribution is 5.76. The quantitative estimate of drug-likeness (QED) is 0.735. The van der Waals surface area contributed by atoms with Crippen molar-refractivity contribution in [3.63, 3.8) is 0 Å². The van der Waals surface area contributed by atoms with E-state index in [0.29, 0.717) is 11.3 Å². The Morgan fingerprint density at radius 2 is 1.74 bits per heavy atom. The normalized spacial score (nSPS) is 29.1. The molecule has 1 unspecified atom stereocenters. The highest BCUT2D eigenvalue weighted by atomic mass is 16.5. The zero-order chi connectivity index (χ0) is 13.3. The smallest absolute Gasteiger partial charge is 0.323 e. The van der Waals surface area contributed by atoms with Gasteiger partial charge in [-0.15, -0.1) is 0 Å². The summed E-state index contributed by atoms with van der Waals surface area (Å²) in [7, 11) is 1.53. The van der Waals surface area contributed by atoms with E-state index in [1.54, 1.807) is 0 Å². The van der Waals surface area contributed by atoms with Crippen LogP contribution in [0, 0.1) is 11.3 Å². The molecular weight excluding hydrogens is 238 g/mol. The molecule has 0 radical (unpaired) electrons. The van der Waals surface area contributed by atoms with Crippen LogP contribution in [0.4, 0.5) is 0 Å². The second kappa shape index (κ2) is 5.43. The molecule has 3 fully saturated rings. The number of hydrogen-bond acceptors (Lipinski definition) is 3. The molecule has 1 atom stereocenters. The largest absolute Gasteiger partial charge is 0.468 e. The maximum atomic E-state index is 12.0. The van der Waals surface area contributed by atoms with Gasteiger partial charge in [-0.2, -0.15) is 0 Å². The van der Waals surface area contributed by atoms with Crippen LogP contribution in [-0.4, -0.2) is 37.1 Å². The van der Waals surface area contributed by atoms with Gasteiger partial charge in [0.1, 0.15) is 6.04 Å². The van der Waals surface area contributed by atoms with Gasteiger partial charge in [0.05, 0.1) is 7.11 Å². The van der Waals surface area contributed by atoms with Gasteiger partial charge in [0.25, 0.3) is 0 Å². The number of methoxy groups -OCH3 is 1. The fourth-order valence-corrected chi connectivity index (χ4v) is 4.25. The summed E-state index contributed by atoms with van der Waals surface area (Å²) >= 11 is 0. The summed E-state index contributed by atoms with van der Waals surface area (Å²) in [4.78, 5) is 14.4. The topological polar surface area (TPSA) is 29.5 Å². The summed E-state index contributed by atoms with van der Waals surface area (Å²) in [6, 6.07) is 0.0611. The summed E-state index contributed by atoms with van der Waals surface area (Å²) in [5.41, 5.74) is 0.624. The molecule has 1 aliphatic heterocycles. The van der Waals surface area contributed by atoms with Crippen LogP contribution in [0.2, 0.25) is 0 Å². The number of likely N-dealkylation sites (tertiary alicyclic amines) is 1. The third-order valence-electron chi connectivity index (χ3n) is 5.68. The summed E-state index contributed by atoms with van der Waals surface area (Å²) in [5.74, 6) is 0.579. The maximum Gasteiger partial charge on any atom is 0.323 e. The molecule has 0 aromatic carbocycles. The van der Waals surface area contributed by atoms with Gasteiger partial charge >= 0.3 is 5.97 Å². The van der Waals surface area contributed by atoms with E-state index in [2.05, 4.69) is 4.90 Å². The van der Waals surface area contributed by atoms with E-state index in [9.17, 15) is 4.79 Å². The fraction of sp³-hybridized carbons (Fsp3) is 0.938. The van der Waals surface area contributed by atoms with Crippen LogP contribution in [-0.2, 0) is 9.53 Å². The highest BCUT2D eigenvalue weighted by Gasteiger charge is 2.44. The fourth-order valence-electron chi connectivity index (χ4n) is 4.25. The van der Waals surface area contributed by atoms with Gasteiger partial charge in [-0.05, 0) is 62.9 Å². The molecule has 19 heavy (non-hydrogen) atoms. The van der Waals surface area contributed by atoms with Gasteiger partial charge in [-0.25, -0.2) is 0 Å². The van der Waals surface area contributed by atoms with Gasteiger partial charge in [0.15, 0.2) is 0 Å². The Morgan fingerprint density at radius 3 is 2.26 bits per heavy atom. The maximum absolute atomic E-state index is 12.0. The van der Waals surface area contributed by atoms with Crippen molar-refractivity contribution in [2.24, 2.45) is 11.3 Å². The Kier molecular flexibility index (Phi) is 3.84. The van der Waals surface area contributed by atoms with Crippen LogP contribution >= 0.6 is 0 Å². The molecule has 3 aliphatic rings. The number of piperidine rings is 1. The minimum absolute atomic E-state index is 0.00194. The van der Waals surface area contributed by atoms with Gasteiger partial charge in [0, 0.05) is 0 Å². The molecule has 2 aliphatic carbocycles. The standard InChI is InChI=1S/C16H27NO2/c1-19-15(18)14(13-5-6-13)17-11-9-16(10-12-17)7-3-2-4-8-16/h13-14H,2-12H2,1H3. The SMILES string of the molecule is COC(=O)C(C1CC1)N1CCC2(CCCCC2)CC1.